The van der Waals surface area contributed by atoms with Gasteiger partial charge in [0, 0.05) is 37.7 Å². The van der Waals surface area contributed by atoms with E-state index in [1.165, 1.54) is 0 Å². The van der Waals surface area contributed by atoms with E-state index in [2.05, 4.69) is 4.12 Å². The molecular formula is H6CaOSi2. The third-order valence-electron chi connectivity index (χ3n) is 0. The topological polar surface area (TPSA) is 9.23 Å². The molecule has 22 valence electrons. The van der Waals surface area contributed by atoms with Crippen LogP contribution in [0.2, 0.25) is 0 Å². The van der Waals surface area contributed by atoms with Crippen LogP contribution in [-0.4, -0.2) is 58.7 Å². The average molecular weight is 118 g/mol. The summed E-state index contributed by atoms with van der Waals surface area (Å²) >= 11 is 0. The molecule has 0 heterocycles. The van der Waals surface area contributed by atoms with Gasteiger partial charge in [0.05, 0.1) is 0 Å². The molecule has 0 aliphatic carbocycles. The Bertz CT molecular complexity index is 6.00. The van der Waals surface area contributed by atoms with Gasteiger partial charge in [0.2, 0.25) is 0 Å². The van der Waals surface area contributed by atoms with Gasteiger partial charge in [-0.25, -0.2) is 0 Å². The van der Waals surface area contributed by atoms with E-state index in [0.29, 0.717) is 0 Å². The van der Waals surface area contributed by atoms with Crippen LogP contribution >= 0.6 is 0 Å². The first-order chi connectivity index (χ1) is 1.41. The summed E-state index contributed by atoms with van der Waals surface area (Å²) in [6.45, 7) is 0. The number of rotatable bonds is 0. The minimum Gasteiger partial charge on any atom is -0.471 e. The van der Waals surface area contributed by atoms with Gasteiger partial charge in [-0.15, -0.1) is 0 Å². The maximum absolute atomic E-state index is 4.53. The predicted molar refractivity (Wildman–Crippen MR) is 26.7 cm³/mol. The van der Waals surface area contributed by atoms with Crippen molar-refractivity contribution in [2.45, 2.75) is 0 Å². The first-order valence-electron chi connectivity index (χ1n) is 0.816. The van der Waals surface area contributed by atoms with E-state index in [0.717, 1.165) is 21.0 Å². The van der Waals surface area contributed by atoms with Crippen LogP contribution in [0.4, 0.5) is 0 Å². The van der Waals surface area contributed by atoms with Gasteiger partial charge in [-0.3, -0.25) is 0 Å². The quantitative estimate of drug-likeness (QED) is 0.312. The van der Waals surface area contributed by atoms with Gasteiger partial charge in [0.15, 0.2) is 0 Å². The van der Waals surface area contributed by atoms with Crippen LogP contribution in [0.3, 0.4) is 0 Å². The fraction of sp³-hybridized carbons (Fsp3) is 0. The molecule has 0 saturated carbocycles. The summed E-state index contributed by atoms with van der Waals surface area (Å²) in [4.78, 5) is 0. The molecule has 0 aromatic carbocycles. The van der Waals surface area contributed by atoms with Gasteiger partial charge in [-0.05, 0) is 0 Å². The molecule has 2 radical (unpaired) electrons. The van der Waals surface area contributed by atoms with E-state index >= 15 is 0 Å². The summed E-state index contributed by atoms with van der Waals surface area (Å²) in [5.74, 6) is 0. The van der Waals surface area contributed by atoms with E-state index < -0.39 is 0 Å². The molecule has 0 aliphatic rings. The average Bonchev–Trinajstić information content (AvgIpc) is 0.918. The monoisotopic (exact) mass is 118 g/mol. The standard InChI is InChI=1S/Ca.H6OSi2/c;2-1-3/h;2-3H3. The molecule has 1 nitrogen and oxygen atoms in total. The molecule has 0 saturated heterocycles. The van der Waals surface area contributed by atoms with Crippen molar-refractivity contribution in [3.63, 3.8) is 0 Å². The van der Waals surface area contributed by atoms with Gasteiger partial charge in [0.1, 0.15) is 21.0 Å². The second-order valence-corrected chi connectivity index (χ2v) is 3.67. The third-order valence-corrected chi connectivity index (χ3v) is 0. The minimum absolute atomic E-state index is 0. The van der Waals surface area contributed by atoms with Gasteiger partial charge in [-0.2, -0.15) is 0 Å². The molecule has 0 amide bonds. The summed E-state index contributed by atoms with van der Waals surface area (Å²) in [6, 6.07) is 0. The molecule has 0 rings (SSSR count). The SMILES string of the molecule is [Ca].[SiH3]O[SiH3]. The van der Waals surface area contributed by atoms with E-state index in [-0.39, 0.29) is 37.7 Å². The van der Waals surface area contributed by atoms with Gasteiger partial charge in [-0.1, -0.05) is 0 Å². The zero-order valence-electron chi connectivity index (χ0n) is 3.12. The molecule has 4 heavy (non-hydrogen) atoms. The zero-order chi connectivity index (χ0) is 2.71. The fourth-order valence-corrected chi connectivity index (χ4v) is 0. The van der Waals surface area contributed by atoms with Crippen LogP contribution in [0.25, 0.3) is 0 Å². The minimum atomic E-state index is 0. The largest absolute Gasteiger partial charge is 0.471 e. The van der Waals surface area contributed by atoms with E-state index in [1.807, 2.05) is 0 Å². The maximum Gasteiger partial charge on any atom is 0.129 e. The Labute approximate surface area is 62.2 Å². The van der Waals surface area contributed by atoms with Crippen molar-refractivity contribution >= 4 is 58.7 Å². The molecular weight excluding hydrogens is 112 g/mol. The van der Waals surface area contributed by atoms with Crippen LogP contribution in [-0.2, 0) is 4.12 Å². The van der Waals surface area contributed by atoms with Crippen LogP contribution in [0.5, 0.6) is 0 Å². The summed E-state index contributed by atoms with van der Waals surface area (Å²) in [7, 11) is 1.86. The first kappa shape index (κ1) is 9.17. The second kappa shape index (κ2) is 8.82. The molecule has 0 aliphatic heterocycles. The first-order valence-corrected chi connectivity index (χ1v) is 2.45. The van der Waals surface area contributed by atoms with Crippen LogP contribution in [0.15, 0.2) is 0 Å². The Morgan fingerprint density at radius 3 is 1.25 bits per heavy atom. The molecule has 0 aromatic heterocycles. The van der Waals surface area contributed by atoms with Crippen molar-refractivity contribution < 1.29 is 4.12 Å². The Balaban J connectivity index is 0. The fourth-order valence-electron chi connectivity index (χ4n) is 0. The van der Waals surface area contributed by atoms with Crippen molar-refractivity contribution in [3.05, 3.63) is 0 Å². The molecule has 4 heteroatoms. The van der Waals surface area contributed by atoms with Crippen LogP contribution in [0, 0.1) is 0 Å². The molecule has 0 N–H and O–H groups in total. The van der Waals surface area contributed by atoms with Crippen molar-refractivity contribution in [2.75, 3.05) is 0 Å². The normalized spacial score (nSPS) is 6.00. The van der Waals surface area contributed by atoms with Gasteiger partial charge in [0.25, 0.3) is 0 Å². The van der Waals surface area contributed by atoms with E-state index in [9.17, 15) is 0 Å². The molecule has 0 atom stereocenters. The van der Waals surface area contributed by atoms with Crippen molar-refractivity contribution in [2.24, 2.45) is 0 Å². The van der Waals surface area contributed by atoms with E-state index in [1.54, 1.807) is 0 Å². The summed E-state index contributed by atoms with van der Waals surface area (Å²) in [5, 5.41) is 0. The van der Waals surface area contributed by atoms with Crippen molar-refractivity contribution in [1.82, 2.24) is 0 Å². The Morgan fingerprint density at radius 2 is 1.25 bits per heavy atom. The zero-order valence-corrected chi connectivity index (χ0v) is 9.32. The van der Waals surface area contributed by atoms with Crippen LogP contribution in [0.1, 0.15) is 0 Å². The van der Waals surface area contributed by atoms with Gasteiger partial charge < -0.3 is 4.12 Å². The predicted octanol–water partition coefficient (Wildman–Crippen LogP) is -2.82. The Hall–Kier alpha value is 1.65. The smallest absolute Gasteiger partial charge is 0.129 e. The van der Waals surface area contributed by atoms with E-state index in [4.69, 9.17) is 0 Å². The molecule has 0 fully saturated rings. The third kappa shape index (κ3) is 9.41. The number of hydrogen-bond donors (Lipinski definition) is 0. The Kier molecular flexibility index (Phi) is 20.2. The maximum atomic E-state index is 4.53. The van der Waals surface area contributed by atoms with Gasteiger partial charge >= 0.3 is 0 Å². The molecule has 0 spiro atoms. The molecule has 0 unspecified atom stereocenters. The summed E-state index contributed by atoms with van der Waals surface area (Å²) in [6.07, 6.45) is 0. The number of hydrogen-bond acceptors (Lipinski definition) is 1. The van der Waals surface area contributed by atoms with Crippen molar-refractivity contribution in [1.29, 1.82) is 0 Å². The molecule has 0 bridgehead atoms. The summed E-state index contributed by atoms with van der Waals surface area (Å²) < 4.78 is 4.53. The van der Waals surface area contributed by atoms with Crippen LogP contribution < -0.4 is 0 Å². The second-order valence-electron chi connectivity index (χ2n) is 0.408. The Morgan fingerprint density at radius 1 is 1.25 bits per heavy atom. The van der Waals surface area contributed by atoms with Crippen molar-refractivity contribution in [3.8, 4) is 0 Å². The molecule has 0 aromatic rings. The summed E-state index contributed by atoms with van der Waals surface area (Å²) in [5.41, 5.74) is 0.